The molecule has 2 N–H and O–H groups in total. The number of carbonyl (C=O) groups excluding carboxylic acids is 1. The molecule has 0 unspecified atom stereocenters. The van der Waals surface area contributed by atoms with Crippen LogP contribution in [0, 0.1) is 0 Å². The Kier molecular flexibility index (Phi) is 4.07. The topological polar surface area (TPSA) is 53.5 Å². The lowest BCUT2D eigenvalue weighted by Gasteiger charge is -2.06. The second kappa shape index (κ2) is 6.53. The normalized spacial score (nSPS) is 14.3. The van der Waals surface area contributed by atoms with E-state index in [1.54, 1.807) is 0 Å². The first kappa shape index (κ1) is 15.6. The highest BCUT2D eigenvalue weighted by Crippen LogP contribution is 2.29. The fraction of sp³-hybridized carbons (Fsp3) is 0. The highest BCUT2D eigenvalue weighted by molar-refractivity contribution is 9.10. The molecule has 0 fully saturated rings. The number of hydrogen-bond donors (Lipinski definition) is 2. The van der Waals surface area contributed by atoms with Crippen LogP contribution in [-0.4, -0.2) is 11.6 Å². The molecule has 3 aromatic rings. The number of anilines is 3. The van der Waals surface area contributed by atoms with E-state index in [1.165, 1.54) is 0 Å². The molecule has 0 aliphatic carbocycles. The number of fused-ring (bicyclic) bond motifs is 1. The molecule has 0 bridgehead atoms. The van der Waals surface area contributed by atoms with Gasteiger partial charge in [-0.25, -0.2) is 4.99 Å². The van der Waals surface area contributed by atoms with Gasteiger partial charge in [0.25, 0.3) is 5.91 Å². The summed E-state index contributed by atoms with van der Waals surface area (Å²) in [5.74, 6) is -0.181. The standard InChI is InChI=1S/C20H14BrN3O/c21-13-6-11-18-17(12-13)19(20(25)24-18)23-16-9-7-15(8-10-16)22-14-4-2-1-3-5-14/h1-12,22H,(H,23,24,25). The van der Waals surface area contributed by atoms with E-state index in [1.807, 2.05) is 72.8 Å². The summed E-state index contributed by atoms with van der Waals surface area (Å²) in [7, 11) is 0. The molecule has 1 aliphatic heterocycles. The van der Waals surface area contributed by atoms with Gasteiger partial charge in [0.1, 0.15) is 5.71 Å². The van der Waals surface area contributed by atoms with Gasteiger partial charge in [0, 0.05) is 21.4 Å². The Morgan fingerprint density at radius 2 is 1.60 bits per heavy atom. The van der Waals surface area contributed by atoms with Crippen molar-refractivity contribution in [2.24, 2.45) is 4.99 Å². The highest BCUT2D eigenvalue weighted by atomic mass is 79.9. The molecule has 1 amide bonds. The van der Waals surface area contributed by atoms with Crippen molar-refractivity contribution in [2.75, 3.05) is 10.6 Å². The Bertz CT molecular complexity index is 966. The molecule has 0 radical (unpaired) electrons. The highest BCUT2D eigenvalue weighted by Gasteiger charge is 2.25. The molecule has 25 heavy (non-hydrogen) atoms. The molecule has 0 atom stereocenters. The number of nitrogens with zero attached hydrogens (tertiary/aromatic N) is 1. The van der Waals surface area contributed by atoms with Gasteiger partial charge in [0.2, 0.25) is 0 Å². The summed E-state index contributed by atoms with van der Waals surface area (Å²) < 4.78 is 0.915. The Hall–Kier alpha value is -2.92. The van der Waals surface area contributed by atoms with E-state index in [4.69, 9.17) is 0 Å². The van der Waals surface area contributed by atoms with Crippen LogP contribution in [0.25, 0.3) is 0 Å². The molecule has 1 aliphatic rings. The van der Waals surface area contributed by atoms with Crippen LogP contribution < -0.4 is 10.6 Å². The minimum absolute atomic E-state index is 0.181. The summed E-state index contributed by atoms with van der Waals surface area (Å²) in [6.07, 6.45) is 0. The van der Waals surface area contributed by atoms with Crippen LogP contribution in [0.5, 0.6) is 0 Å². The Balaban J connectivity index is 1.60. The molecule has 0 spiro atoms. The van der Waals surface area contributed by atoms with Gasteiger partial charge >= 0.3 is 0 Å². The smallest absolute Gasteiger partial charge is 0.275 e. The predicted octanol–water partition coefficient (Wildman–Crippen LogP) is 5.27. The van der Waals surface area contributed by atoms with E-state index >= 15 is 0 Å². The zero-order chi connectivity index (χ0) is 17.2. The van der Waals surface area contributed by atoms with Crippen LogP contribution in [0.3, 0.4) is 0 Å². The van der Waals surface area contributed by atoms with Gasteiger partial charge in [-0.2, -0.15) is 0 Å². The molecule has 0 saturated carbocycles. The van der Waals surface area contributed by atoms with Gasteiger partial charge in [-0.3, -0.25) is 4.79 Å². The zero-order valence-electron chi connectivity index (χ0n) is 13.2. The first-order valence-corrected chi connectivity index (χ1v) is 8.60. The van der Waals surface area contributed by atoms with Crippen LogP contribution in [-0.2, 0) is 4.79 Å². The molecule has 3 aromatic carbocycles. The van der Waals surface area contributed by atoms with Gasteiger partial charge in [-0.15, -0.1) is 0 Å². The fourth-order valence-corrected chi connectivity index (χ4v) is 3.03. The lowest BCUT2D eigenvalue weighted by Crippen LogP contribution is -2.13. The third-order valence-electron chi connectivity index (χ3n) is 3.87. The largest absolute Gasteiger partial charge is 0.356 e. The van der Waals surface area contributed by atoms with Gasteiger partial charge in [0.05, 0.1) is 11.4 Å². The molecular weight excluding hydrogens is 378 g/mol. The van der Waals surface area contributed by atoms with Crippen LogP contribution in [0.15, 0.2) is 82.3 Å². The Morgan fingerprint density at radius 1 is 0.880 bits per heavy atom. The van der Waals surface area contributed by atoms with E-state index in [9.17, 15) is 4.79 Å². The lowest BCUT2D eigenvalue weighted by atomic mass is 10.1. The molecule has 4 rings (SSSR count). The number of amides is 1. The Morgan fingerprint density at radius 3 is 2.36 bits per heavy atom. The van der Waals surface area contributed by atoms with Crippen molar-refractivity contribution < 1.29 is 4.79 Å². The number of benzene rings is 3. The predicted molar refractivity (Wildman–Crippen MR) is 105 cm³/mol. The molecule has 122 valence electrons. The minimum Gasteiger partial charge on any atom is -0.356 e. The van der Waals surface area contributed by atoms with Crippen molar-refractivity contribution in [2.45, 2.75) is 0 Å². The van der Waals surface area contributed by atoms with Crippen LogP contribution in [0.2, 0.25) is 0 Å². The number of carbonyl (C=O) groups is 1. The number of aliphatic imine (C=N–C) groups is 1. The molecule has 1 heterocycles. The van der Waals surface area contributed by atoms with Crippen LogP contribution in [0.1, 0.15) is 5.56 Å². The van der Waals surface area contributed by atoms with Gasteiger partial charge in [-0.05, 0) is 54.6 Å². The average Bonchev–Trinajstić information content (AvgIpc) is 2.93. The number of hydrogen-bond acceptors (Lipinski definition) is 3. The van der Waals surface area contributed by atoms with Crippen molar-refractivity contribution in [1.82, 2.24) is 0 Å². The quantitative estimate of drug-likeness (QED) is 0.639. The molecule has 0 aromatic heterocycles. The van der Waals surface area contributed by atoms with Crippen molar-refractivity contribution in [3.05, 3.63) is 82.8 Å². The van der Waals surface area contributed by atoms with Gasteiger partial charge in [-0.1, -0.05) is 34.1 Å². The van der Waals surface area contributed by atoms with Gasteiger partial charge < -0.3 is 10.6 Å². The Labute approximate surface area is 153 Å². The van der Waals surface area contributed by atoms with Crippen LogP contribution in [0.4, 0.5) is 22.7 Å². The van der Waals surface area contributed by atoms with E-state index in [2.05, 4.69) is 31.6 Å². The maximum absolute atomic E-state index is 12.2. The first-order chi connectivity index (χ1) is 12.2. The maximum Gasteiger partial charge on any atom is 0.275 e. The van der Waals surface area contributed by atoms with Crippen molar-refractivity contribution in [3.8, 4) is 0 Å². The number of rotatable bonds is 3. The number of nitrogens with one attached hydrogen (secondary N) is 2. The van der Waals surface area contributed by atoms with E-state index in [0.29, 0.717) is 5.71 Å². The van der Waals surface area contributed by atoms with E-state index < -0.39 is 0 Å². The van der Waals surface area contributed by atoms with Crippen molar-refractivity contribution in [1.29, 1.82) is 0 Å². The van der Waals surface area contributed by atoms with Gasteiger partial charge in [0.15, 0.2) is 0 Å². The van der Waals surface area contributed by atoms with Crippen molar-refractivity contribution >= 4 is 50.3 Å². The third kappa shape index (κ3) is 3.32. The second-order valence-corrected chi connectivity index (χ2v) is 6.56. The summed E-state index contributed by atoms with van der Waals surface area (Å²) in [6.45, 7) is 0. The van der Waals surface area contributed by atoms with Crippen LogP contribution >= 0.6 is 15.9 Å². The third-order valence-corrected chi connectivity index (χ3v) is 4.36. The van der Waals surface area contributed by atoms with E-state index in [-0.39, 0.29) is 5.91 Å². The monoisotopic (exact) mass is 391 g/mol. The summed E-state index contributed by atoms with van der Waals surface area (Å²) in [5, 5.41) is 6.16. The van der Waals surface area contributed by atoms with E-state index in [0.717, 1.165) is 32.8 Å². The second-order valence-electron chi connectivity index (χ2n) is 5.64. The summed E-state index contributed by atoms with van der Waals surface area (Å²) >= 11 is 3.44. The summed E-state index contributed by atoms with van der Waals surface area (Å²) in [5.41, 5.74) is 4.75. The molecule has 5 heteroatoms. The molecular formula is C20H14BrN3O. The van der Waals surface area contributed by atoms with Crippen molar-refractivity contribution in [3.63, 3.8) is 0 Å². The zero-order valence-corrected chi connectivity index (χ0v) is 14.7. The fourth-order valence-electron chi connectivity index (χ4n) is 2.67. The summed E-state index contributed by atoms with van der Waals surface area (Å²) in [6, 6.07) is 23.3. The lowest BCUT2D eigenvalue weighted by molar-refractivity contribution is -0.110. The number of para-hydroxylation sites is 1. The SMILES string of the molecule is O=C1Nc2ccc(Br)cc2C1=Nc1ccc(Nc2ccccc2)cc1. The number of halogens is 1. The molecule has 0 saturated heterocycles. The summed E-state index contributed by atoms with van der Waals surface area (Å²) in [4.78, 5) is 16.7. The maximum atomic E-state index is 12.2. The average molecular weight is 392 g/mol. The minimum atomic E-state index is -0.181. The first-order valence-electron chi connectivity index (χ1n) is 7.81. The molecule has 4 nitrogen and oxygen atoms in total.